The standard InChI is InChI=1S/C21H21ClN4O2/c1-15(27)16-4-8-19(9-5-16)26-12-10-25(11-13-26)14-20-23-21(24-28-20)17-2-6-18(22)7-3-17/h2-9H,10-14H2,1H3. The van der Waals surface area contributed by atoms with Crippen LogP contribution in [0.4, 0.5) is 5.69 Å². The average Bonchev–Trinajstić information content (AvgIpc) is 3.18. The Hall–Kier alpha value is -2.70. The Morgan fingerprint density at radius 3 is 2.36 bits per heavy atom. The highest BCUT2D eigenvalue weighted by molar-refractivity contribution is 6.30. The van der Waals surface area contributed by atoms with Gasteiger partial charge in [-0.15, -0.1) is 0 Å². The molecule has 2 heterocycles. The van der Waals surface area contributed by atoms with Crippen LogP contribution in [0.15, 0.2) is 53.1 Å². The summed E-state index contributed by atoms with van der Waals surface area (Å²) in [6, 6.07) is 15.2. The Bertz CT molecular complexity index is 945. The van der Waals surface area contributed by atoms with E-state index in [1.165, 1.54) is 0 Å². The van der Waals surface area contributed by atoms with Gasteiger partial charge in [0, 0.05) is 48.0 Å². The first-order valence-corrected chi connectivity index (χ1v) is 9.63. The molecule has 0 bridgehead atoms. The fraction of sp³-hybridized carbons (Fsp3) is 0.286. The van der Waals surface area contributed by atoms with Gasteiger partial charge in [0.25, 0.3) is 0 Å². The Balaban J connectivity index is 1.33. The van der Waals surface area contributed by atoms with E-state index in [1.807, 2.05) is 48.5 Å². The first-order valence-electron chi connectivity index (χ1n) is 9.25. The van der Waals surface area contributed by atoms with Crippen molar-refractivity contribution in [1.29, 1.82) is 0 Å². The van der Waals surface area contributed by atoms with Crippen molar-refractivity contribution >= 4 is 23.1 Å². The Kier molecular flexibility index (Phi) is 5.41. The van der Waals surface area contributed by atoms with Crippen LogP contribution in [0.1, 0.15) is 23.2 Å². The lowest BCUT2D eigenvalue weighted by molar-refractivity contribution is 0.101. The van der Waals surface area contributed by atoms with Gasteiger partial charge in [-0.2, -0.15) is 4.98 Å². The topological polar surface area (TPSA) is 62.5 Å². The van der Waals surface area contributed by atoms with Gasteiger partial charge in [-0.3, -0.25) is 9.69 Å². The van der Waals surface area contributed by atoms with Crippen LogP contribution in [0.25, 0.3) is 11.4 Å². The molecule has 0 radical (unpaired) electrons. The number of rotatable bonds is 5. The first kappa shape index (κ1) is 18.7. The number of ketones is 1. The predicted molar refractivity (Wildman–Crippen MR) is 109 cm³/mol. The van der Waals surface area contributed by atoms with Crippen molar-refractivity contribution in [2.75, 3.05) is 31.1 Å². The molecular weight excluding hydrogens is 376 g/mol. The summed E-state index contributed by atoms with van der Waals surface area (Å²) < 4.78 is 5.42. The van der Waals surface area contributed by atoms with Crippen LogP contribution in [-0.4, -0.2) is 47.0 Å². The van der Waals surface area contributed by atoms with E-state index < -0.39 is 0 Å². The zero-order valence-electron chi connectivity index (χ0n) is 15.6. The highest BCUT2D eigenvalue weighted by atomic mass is 35.5. The van der Waals surface area contributed by atoms with E-state index >= 15 is 0 Å². The Labute approximate surface area is 168 Å². The lowest BCUT2D eigenvalue weighted by Gasteiger charge is -2.35. The van der Waals surface area contributed by atoms with Gasteiger partial charge < -0.3 is 9.42 Å². The summed E-state index contributed by atoms with van der Waals surface area (Å²) in [5, 5.41) is 4.75. The third-order valence-corrected chi connectivity index (χ3v) is 5.19. The number of piperazine rings is 1. The second-order valence-corrected chi connectivity index (χ2v) is 7.32. The molecule has 0 aliphatic carbocycles. The number of hydrogen-bond donors (Lipinski definition) is 0. The minimum atomic E-state index is 0.0916. The third-order valence-electron chi connectivity index (χ3n) is 4.94. The van der Waals surface area contributed by atoms with E-state index in [-0.39, 0.29) is 5.78 Å². The molecule has 1 aliphatic heterocycles. The van der Waals surface area contributed by atoms with Crippen molar-refractivity contribution in [1.82, 2.24) is 15.0 Å². The number of nitrogens with zero attached hydrogens (tertiary/aromatic N) is 4. The van der Waals surface area contributed by atoms with Crippen LogP contribution in [0.3, 0.4) is 0 Å². The largest absolute Gasteiger partial charge is 0.369 e. The normalized spacial score (nSPS) is 15.0. The Morgan fingerprint density at radius 2 is 1.71 bits per heavy atom. The van der Waals surface area contributed by atoms with E-state index in [4.69, 9.17) is 16.1 Å². The zero-order chi connectivity index (χ0) is 19.5. The quantitative estimate of drug-likeness (QED) is 0.609. The molecule has 7 heteroatoms. The molecule has 0 atom stereocenters. The highest BCUT2D eigenvalue weighted by Crippen LogP contribution is 2.21. The molecule has 1 aliphatic rings. The molecule has 1 saturated heterocycles. The second-order valence-electron chi connectivity index (χ2n) is 6.88. The fourth-order valence-corrected chi connectivity index (χ4v) is 3.42. The van der Waals surface area contributed by atoms with Gasteiger partial charge in [0.15, 0.2) is 5.78 Å². The maximum atomic E-state index is 11.4. The molecule has 0 amide bonds. The third kappa shape index (κ3) is 4.24. The SMILES string of the molecule is CC(=O)c1ccc(N2CCN(Cc3nc(-c4ccc(Cl)cc4)no3)CC2)cc1. The molecule has 0 unspecified atom stereocenters. The molecule has 28 heavy (non-hydrogen) atoms. The molecule has 1 fully saturated rings. The van der Waals surface area contributed by atoms with Gasteiger partial charge in [0.1, 0.15) is 0 Å². The molecular formula is C21H21ClN4O2. The number of benzene rings is 2. The average molecular weight is 397 g/mol. The number of Topliss-reactive ketones (excluding diaryl/α,β-unsaturated/α-hetero) is 1. The summed E-state index contributed by atoms with van der Waals surface area (Å²) in [5.41, 5.74) is 2.78. The van der Waals surface area contributed by atoms with Crippen molar-refractivity contribution in [2.45, 2.75) is 13.5 Å². The van der Waals surface area contributed by atoms with E-state index in [0.717, 1.165) is 43.0 Å². The number of carbonyl (C=O) groups is 1. The van der Waals surface area contributed by atoms with Crippen LogP contribution in [0.5, 0.6) is 0 Å². The smallest absolute Gasteiger partial charge is 0.241 e. The van der Waals surface area contributed by atoms with Gasteiger partial charge in [0.2, 0.25) is 11.7 Å². The Morgan fingerprint density at radius 1 is 1.04 bits per heavy atom. The number of carbonyl (C=O) groups excluding carboxylic acids is 1. The summed E-state index contributed by atoms with van der Waals surface area (Å²) in [5.74, 6) is 1.29. The van der Waals surface area contributed by atoms with Crippen molar-refractivity contribution < 1.29 is 9.32 Å². The number of hydrogen-bond acceptors (Lipinski definition) is 6. The second kappa shape index (κ2) is 8.12. The van der Waals surface area contributed by atoms with Crippen LogP contribution < -0.4 is 4.90 Å². The van der Waals surface area contributed by atoms with Crippen LogP contribution in [0, 0.1) is 0 Å². The van der Waals surface area contributed by atoms with E-state index in [9.17, 15) is 4.79 Å². The summed E-state index contributed by atoms with van der Waals surface area (Å²) in [6.45, 7) is 5.87. The van der Waals surface area contributed by atoms with Crippen molar-refractivity contribution in [3.05, 3.63) is 65.0 Å². The van der Waals surface area contributed by atoms with Gasteiger partial charge >= 0.3 is 0 Å². The fourth-order valence-electron chi connectivity index (χ4n) is 3.30. The molecule has 4 rings (SSSR count). The number of halogens is 1. The summed E-state index contributed by atoms with van der Waals surface area (Å²) in [4.78, 5) is 20.5. The molecule has 6 nitrogen and oxygen atoms in total. The van der Waals surface area contributed by atoms with Crippen molar-refractivity contribution in [3.63, 3.8) is 0 Å². The predicted octanol–water partition coefficient (Wildman–Crippen LogP) is 3.91. The molecule has 1 aromatic heterocycles. The molecule has 2 aromatic carbocycles. The minimum Gasteiger partial charge on any atom is -0.369 e. The van der Waals surface area contributed by atoms with E-state index in [2.05, 4.69) is 19.9 Å². The molecule has 0 spiro atoms. The van der Waals surface area contributed by atoms with E-state index in [1.54, 1.807) is 6.92 Å². The molecule has 0 N–H and O–H groups in total. The highest BCUT2D eigenvalue weighted by Gasteiger charge is 2.20. The van der Waals surface area contributed by atoms with Gasteiger partial charge in [-0.25, -0.2) is 0 Å². The van der Waals surface area contributed by atoms with Crippen LogP contribution >= 0.6 is 11.6 Å². The minimum absolute atomic E-state index is 0.0916. The molecule has 0 saturated carbocycles. The number of aromatic nitrogens is 2. The van der Waals surface area contributed by atoms with Gasteiger partial charge in [0.05, 0.1) is 6.54 Å². The van der Waals surface area contributed by atoms with Crippen molar-refractivity contribution in [2.24, 2.45) is 0 Å². The maximum absolute atomic E-state index is 11.4. The number of anilines is 1. The monoisotopic (exact) mass is 396 g/mol. The zero-order valence-corrected chi connectivity index (χ0v) is 16.4. The van der Waals surface area contributed by atoms with Gasteiger partial charge in [-0.05, 0) is 55.5 Å². The van der Waals surface area contributed by atoms with E-state index in [0.29, 0.717) is 23.3 Å². The van der Waals surface area contributed by atoms with Crippen LogP contribution in [-0.2, 0) is 6.54 Å². The van der Waals surface area contributed by atoms with Crippen LogP contribution in [0.2, 0.25) is 5.02 Å². The maximum Gasteiger partial charge on any atom is 0.241 e. The summed E-state index contributed by atoms with van der Waals surface area (Å²) in [6.07, 6.45) is 0. The lowest BCUT2D eigenvalue weighted by Crippen LogP contribution is -2.46. The van der Waals surface area contributed by atoms with Crippen molar-refractivity contribution in [3.8, 4) is 11.4 Å². The summed E-state index contributed by atoms with van der Waals surface area (Å²) >= 11 is 5.92. The molecule has 3 aromatic rings. The molecule has 144 valence electrons. The summed E-state index contributed by atoms with van der Waals surface area (Å²) in [7, 11) is 0. The van der Waals surface area contributed by atoms with Gasteiger partial charge in [-0.1, -0.05) is 16.8 Å². The lowest BCUT2D eigenvalue weighted by atomic mass is 10.1. The first-order chi connectivity index (χ1) is 13.6.